The van der Waals surface area contributed by atoms with Crippen LogP contribution in [0.5, 0.6) is 0 Å². The highest BCUT2D eigenvalue weighted by molar-refractivity contribution is 7.90. The Hall–Kier alpha value is -0.220. The molecule has 0 amide bonds. The van der Waals surface area contributed by atoms with Crippen LogP contribution in [0.25, 0.3) is 0 Å². The maximum absolute atomic E-state index is 12.0. The number of nitrogens with one attached hydrogen (secondary N) is 2. The number of hydrogen-bond donors (Lipinski definition) is 3. The third-order valence-electron chi connectivity index (χ3n) is 3.88. The topological polar surface area (TPSA) is 118 Å². The van der Waals surface area contributed by atoms with Crippen molar-refractivity contribution in [2.75, 3.05) is 24.6 Å². The van der Waals surface area contributed by atoms with Crippen molar-refractivity contribution < 1.29 is 16.8 Å². The van der Waals surface area contributed by atoms with Gasteiger partial charge in [-0.2, -0.15) is 0 Å². The molecule has 0 saturated heterocycles. The van der Waals surface area contributed by atoms with Gasteiger partial charge in [0.05, 0.1) is 11.5 Å². The molecule has 21 heavy (non-hydrogen) atoms. The first-order valence-corrected chi connectivity index (χ1v) is 10.8. The first kappa shape index (κ1) is 18.8. The van der Waals surface area contributed by atoms with Crippen LogP contribution in [-0.4, -0.2) is 47.5 Å². The van der Waals surface area contributed by atoms with Crippen LogP contribution in [0.2, 0.25) is 0 Å². The van der Waals surface area contributed by atoms with E-state index in [1.165, 1.54) is 13.3 Å². The van der Waals surface area contributed by atoms with Crippen molar-refractivity contribution in [1.82, 2.24) is 9.44 Å². The molecule has 1 unspecified atom stereocenters. The van der Waals surface area contributed by atoms with Crippen LogP contribution in [0.1, 0.15) is 39.0 Å². The smallest absolute Gasteiger partial charge is 0.213 e. The lowest BCUT2D eigenvalue weighted by molar-refractivity contribution is 0.294. The van der Waals surface area contributed by atoms with Gasteiger partial charge >= 0.3 is 0 Å². The Kier molecular flexibility index (Phi) is 7.55. The van der Waals surface area contributed by atoms with Crippen molar-refractivity contribution in [3.05, 3.63) is 0 Å². The molecule has 9 heteroatoms. The van der Waals surface area contributed by atoms with Crippen molar-refractivity contribution in [2.24, 2.45) is 11.7 Å². The average molecular weight is 341 g/mol. The van der Waals surface area contributed by atoms with Gasteiger partial charge in [0.1, 0.15) is 0 Å². The number of sulfonamides is 2. The fraction of sp³-hybridized carbons (Fsp3) is 1.00. The van der Waals surface area contributed by atoms with E-state index in [1.54, 1.807) is 0 Å². The van der Waals surface area contributed by atoms with E-state index < -0.39 is 20.0 Å². The van der Waals surface area contributed by atoms with E-state index >= 15 is 0 Å². The summed E-state index contributed by atoms with van der Waals surface area (Å²) >= 11 is 0. The summed E-state index contributed by atoms with van der Waals surface area (Å²) in [6.45, 7) is 1.65. The van der Waals surface area contributed by atoms with Gasteiger partial charge < -0.3 is 5.73 Å². The second-order valence-corrected chi connectivity index (χ2v) is 9.44. The monoisotopic (exact) mass is 341 g/mol. The summed E-state index contributed by atoms with van der Waals surface area (Å²) in [6.07, 6.45) is 5.40. The van der Waals surface area contributed by atoms with Gasteiger partial charge in [0.25, 0.3) is 0 Å². The van der Waals surface area contributed by atoms with E-state index in [0.29, 0.717) is 0 Å². The van der Waals surface area contributed by atoms with E-state index in [9.17, 15) is 16.8 Å². The fourth-order valence-corrected chi connectivity index (χ4v) is 4.58. The molecule has 7 nitrogen and oxygen atoms in total. The highest BCUT2D eigenvalue weighted by Gasteiger charge is 2.26. The standard InChI is InChI=1S/C12H27N3O4S2/c1-2-20(16,17)14-8-9-21(18,19)15-12(10-13)11-6-4-3-5-7-11/h11-12,14-15H,2-10,13H2,1H3. The molecular weight excluding hydrogens is 314 g/mol. The Morgan fingerprint density at radius 2 is 1.71 bits per heavy atom. The van der Waals surface area contributed by atoms with E-state index in [-0.39, 0.29) is 36.6 Å². The summed E-state index contributed by atoms with van der Waals surface area (Å²) in [6, 6.07) is -0.252. The highest BCUT2D eigenvalue weighted by Crippen LogP contribution is 2.26. The van der Waals surface area contributed by atoms with Crippen LogP contribution >= 0.6 is 0 Å². The molecule has 0 aromatic carbocycles. The second-order valence-electron chi connectivity index (χ2n) is 5.47. The summed E-state index contributed by atoms with van der Waals surface area (Å²) in [5, 5.41) is 0. The van der Waals surface area contributed by atoms with Gasteiger partial charge in [-0.05, 0) is 25.7 Å². The molecule has 1 aliphatic carbocycles. The minimum atomic E-state index is -3.53. The summed E-state index contributed by atoms with van der Waals surface area (Å²) in [7, 11) is -6.89. The number of hydrogen-bond acceptors (Lipinski definition) is 5. The molecule has 0 bridgehead atoms. The Morgan fingerprint density at radius 3 is 2.24 bits per heavy atom. The largest absolute Gasteiger partial charge is 0.329 e. The van der Waals surface area contributed by atoms with E-state index in [2.05, 4.69) is 9.44 Å². The van der Waals surface area contributed by atoms with Crippen molar-refractivity contribution in [3.63, 3.8) is 0 Å². The second kappa shape index (κ2) is 8.42. The maximum atomic E-state index is 12.0. The van der Waals surface area contributed by atoms with Crippen LogP contribution in [0.3, 0.4) is 0 Å². The lowest BCUT2D eigenvalue weighted by atomic mass is 9.84. The van der Waals surface area contributed by atoms with Crippen LogP contribution in [0.4, 0.5) is 0 Å². The number of nitrogens with two attached hydrogens (primary N) is 1. The Morgan fingerprint density at radius 1 is 1.10 bits per heavy atom. The van der Waals surface area contributed by atoms with Gasteiger partial charge in [-0.3, -0.25) is 0 Å². The quantitative estimate of drug-likeness (QED) is 0.534. The predicted molar refractivity (Wildman–Crippen MR) is 83.8 cm³/mol. The molecule has 1 fully saturated rings. The number of rotatable bonds is 9. The van der Waals surface area contributed by atoms with Crippen molar-refractivity contribution in [3.8, 4) is 0 Å². The molecule has 1 rings (SSSR count). The molecule has 0 aromatic heterocycles. The van der Waals surface area contributed by atoms with Gasteiger partial charge in [-0.15, -0.1) is 0 Å². The SMILES string of the molecule is CCS(=O)(=O)NCCS(=O)(=O)NC(CN)C1CCCCC1. The van der Waals surface area contributed by atoms with Gasteiger partial charge in [0, 0.05) is 19.1 Å². The third-order valence-corrected chi connectivity index (χ3v) is 6.68. The zero-order valence-corrected chi connectivity index (χ0v) is 14.2. The zero-order chi connectivity index (χ0) is 15.9. The molecule has 0 heterocycles. The first-order chi connectivity index (χ1) is 9.79. The molecule has 0 radical (unpaired) electrons. The molecule has 0 aliphatic heterocycles. The van der Waals surface area contributed by atoms with Crippen LogP contribution in [0, 0.1) is 5.92 Å². The summed E-state index contributed by atoms with van der Waals surface area (Å²) in [5.74, 6) is -0.0467. The molecule has 4 N–H and O–H groups in total. The van der Waals surface area contributed by atoms with Crippen LogP contribution in [-0.2, 0) is 20.0 Å². The third kappa shape index (κ3) is 7.05. The Bertz CT molecular complexity index is 499. The highest BCUT2D eigenvalue weighted by atomic mass is 32.2. The van der Waals surface area contributed by atoms with Gasteiger partial charge in [0.2, 0.25) is 20.0 Å². The molecule has 0 spiro atoms. The average Bonchev–Trinajstić information content (AvgIpc) is 2.45. The van der Waals surface area contributed by atoms with Gasteiger partial charge in [-0.1, -0.05) is 19.3 Å². The Labute approximate surface area is 128 Å². The molecule has 1 atom stereocenters. The van der Waals surface area contributed by atoms with Crippen molar-refractivity contribution >= 4 is 20.0 Å². The molecular formula is C12H27N3O4S2. The summed E-state index contributed by atoms with van der Waals surface area (Å²) < 4.78 is 51.4. The minimum Gasteiger partial charge on any atom is -0.329 e. The van der Waals surface area contributed by atoms with Gasteiger partial charge in [0.15, 0.2) is 0 Å². The lowest BCUT2D eigenvalue weighted by Gasteiger charge is -2.29. The van der Waals surface area contributed by atoms with Gasteiger partial charge in [-0.25, -0.2) is 26.3 Å². The van der Waals surface area contributed by atoms with Crippen molar-refractivity contribution in [2.45, 2.75) is 45.1 Å². The fourth-order valence-electron chi connectivity index (χ4n) is 2.60. The molecule has 126 valence electrons. The normalized spacial score (nSPS) is 19.5. The Balaban J connectivity index is 2.49. The van der Waals surface area contributed by atoms with E-state index in [0.717, 1.165) is 25.7 Å². The molecule has 1 aliphatic rings. The molecule has 1 saturated carbocycles. The minimum absolute atomic E-state index is 0.0615. The van der Waals surface area contributed by atoms with E-state index in [1.807, 2.05) is 0 Å². The predicted octanol–water partition coefficient (Wildman–Crippen LogP) is -0.247. The zero-order valence-electron chi connectivity index (χ0n) is 12.5. The molecule has 0 aromatic rings. The van der Waals surface area contributed by atoms with E-state index in [4.69, 9.17) is 5.73 Å². The first-order valence-electron chi connectivity index (χ1n) is 7.47. The summed E-state index contributed by atoms with van der Waals surface area (Å²) in [5.41, 5.74) is 5.69. The lowest BCUT2D eigenvalue weighted by Crippen LogP contribution is -2.47. The maximum Gasteiger partial charge on any atom is 0.213 e. The van der Waals surface area contributed by atoms with Crippen molar-refractivity contribution in [1.29, 1.82) is 0 Å². The van der Waals surface area contributed by atoms with Crippen LogP contribution in [0.15, 0.2) is 0 Å². The summed E-state index contributed by atoms with van der Waals surface area (Å²) in [4.78, 5) is 0. The van der Waals surface area contributed by atoms with Crippen LogP contribution < -0.4 is 15.2 Å².